The zero-order valence-electron chi connectivity index (χ0n) is 11.3. The Hall–Kier alpha value is -2.08. The van der Waals surface area contributed by atoms with Gasteiger partial charge in [0.2, 0.25) is 5.95 Å². The Balaban J connectivity index is 1.60. The van der Waals surface area contributed by atoms with Crippen molar-refractivity contribution in [1.82, 2.24) is 15.3 Å². The third-order valence-electron chi connectivity index (χ3n) is 3.50. The molecule has 3 rings (SSSR count). The smallest absolute Gasteiger partial charge is 0.321 e. The van der Waals surface area contributed by atoms with Gasteiger partial charge in [-0.05, 0) is 31.9 Å². The lowest BCUT2D eigenvalue weighted by atomic mass is 10.1. The van der Waals surface area contributed by atoms with Crippen molar-refractivity contribution >= 4 is 23.0 Å². The molecule has 3 N–H and O–H groups in total. The number of carbonyl (C=O) groups is 1. The number of urea groups is 1. The first-order chi connectivity index (χ1) is 9.72. The van der Waals surface area contributed by atoms with E-state index in [9.17, 15) is 4.79 Å². The van der Waals surface area contributed by atoms with E-state index in [1.807, 2.05) is 31.2 Å². The summed E-state index contributed by atoms with van der Waals surface area (Å²) < 4.78 is 5.55. The zero-order valence-corrected chi connectivity index (χ0v) is 11.3. The lowest BCUT2D eigenvalue weighted by Crippen LogP contribution is -2.43. The molecule has 0 aliphatic carbocycles. The standard InChI is InChI=1S/C14H18N4O2/c1-9(12-7-4-8-20-12)15-14(19)18-13-16-10-5-2-3-6-11(10)17-13/h2-3,5-6,9,12H,4,7-8H2,1H3,(H3,15,16,17,18,19). The Morgan fingerprint density at radius 3 is 3.10 bits per heavy atom. The van der Waals surface area contributed by atoms with Crippen LogP contribution in [-0.4, -0.2) is 34.8 Å². The average Bonchev–Trinajstić information content (AvgIpc) is 3.07. The first kappa shape index (κ1) is 12.9. The van der Waals surface area contributed by atoms with Gasteiger partial charge in [0.25, 0.3) is 0 Å². The van der Waals surface area contributed by atoms with E-state index in [1.54, 1.807) is 0 Å². The highest BCUT2D eigenvalue weighted by atomic mass is 16.5. The topological polar surface area (TPSA) is 79.0 Å². The first-order valence-electron chi connectivity index (χ1n) is 6.86. The number of aromatic nitrogens is 2. The van der Waals surface area contributed by atoms with Crippen LogP contribution in [0.25, 0.3) is 11.0 Å². The van der Waals surface area contributed by atoms with E-state index in [1.165, 1.54) is 0 Å². The molecule has 1 aromatic carbocycles. The summed E-state index contributed by atoms with van der Waals surface area (Å²) in [5.74, 6) is 0.447. The fourth-order valence-electron chi connectivity index (χ4n) is 2.45. The maximum atomic E-state index is 11.9. The van der Waals surface area contributed by atoms with Crippen LogP contribution in [0.15, 0.2) is 24.3 Å². The lowest BCUT2D eigenvalue weighted by Gasteiger charge is -2.19. The van der Waals surface area contributed by atoms with Crippen LogP contribution in [0, 0.1) is 0 Å². The fourth-order valence-corrected chi connectivity index (χ4v) is 2.45. The van der Waals surface area contributed by atoms with Gasteiger partial charge in [0.15, 0.2) is 0 Å². The highest BCUT2D eigenvalue weighted by molar-refractivity contribution is 5.89. The third kappa shape index (κ3) is 2.75. The van der Waals surface area contributed by atoms with Crippen molar-refractivity contribution in [3.05, 3.63) is 24.3 Å². The number of para-hydroxylation sites is 2. The molecule has 1 saturated heterocycles. The minimum Gasteiger partial charge on any atom is -0.376 e. The van der Waals surface area contributed by atoms with Gasteiger partial charge in [0.05, 0.1) is 23.2 Å². The SMILES string of the molecule is CC(NC(=O)Nc1nc2ccccc2[nH]1)C1CCCO1. The second kappa shape index (κ2) is 5.50. The number of amides is 2. The van der Waals surface area contributed by atoms with Crippen LogP contribution in [0.5, 0.6) is 0 Å². The number of benzene rings is 1. The number of fused-ring (bicyclic) bond motifs is 1. The number of imidazole rings is 1. The molecule has 0 saturated carbocycles. The summed E-state index contributed by atoms with van der Waals surface area (Å²) in [5.41, 5.74) is 1.73. The number of hydrogen-bond donors (Lipinski definition) is 3. The van der Waals surface area contributed by atoms with E-state index < -0.39 is 0 Å². The molecule has 1 aliphatic heterocycles. The van der Waals surface area contributed by atoms with Gasteiger partial charge < -0.3 is 15.0 Å². The van der Waals surface area contributed by atoms with Crippen LogP contribution in [0.4, 0.5) is 10.7 Å². The largest absolute Gasteiger partial charge is 0.376 e. The van der Waals surface area contributed by atoms with Gasteiger partial charge in [-0.2, -0.15) is 0 Å². The Kier molecular flexibility index (Phi) is 3.56. The van der Waals surface area contributed by atoms with Crippen molar-refractivity contribution in [2.45, 2.75) is 31.9 Å². The summed E-state index contributed by atoms with van der Waals surface area (Å²) in [5, 5.41) is 5.59. The van der Waals surface area contributed by atoms with Crippen LogP contribution < -0.4 is 10.6 Å². The van der Waals surface area contributed by atoms with Gasteiger partial charge in [0, 0.05) is 6.61 Å². The van der Waals surface area contributed by atoms with Crippen LogP contribution in [0.3, 0.4) is 0 Å². The van der Waals surface area contributed by atoms with E-state index in [4.69, 9.17) is 4.74 Å². The number of rotatable bonds is 3. The van der Waals surface area contributed by atoms with E-state index in [-0.39, 0.29) is 18.2 Å². The molecule has 1 aliphatic rings. The van der Waals surface area contributed by atoms with Gasteiger partial charge in [-0.15, -0.1) is 0 Å². The second-order valence-electron chi connectivity index (χ2n) is 5.04. The summed E-state index contributed by atoms with van der Waals surface area (Å²) in [4.78, 5) is 19.3. The number of aromatic amines is 1. The molecule has 0 bridgehead atoms. The Bertz CT molecular complexity index is 571. The summed E-state index contributed by atoms with van der Waals surface area (Å²) in [7, 11) is 0. The van der Waals surface area contributed by atoms with Crippen molar-refractivity contribution in [2.24, 2.45) is 0 Å². The predicted octanol–water partition coefficient (Wildman–Crippen LogP) is 2.25. The van der Waals surface area contributed by atoms with E-state index >= 15 is 0 Å². The molecule has 2 amide bonds. The quantitative estimate of drug-likeness (QED) is 0.803. The molecule has 2 heterocycles. The normalized spacial score (nSPS) is 19.9. The van der Waals surface area contributed by atoms with Gasteiger partial charge in [-0.3, -0.25) is 5.32 Å². The van der Waals surface area contributed by atoms with Crippen molar-refractivity contribution in [1.29, 1.82) is 0 Å². The Morgan fingerprint density at radius 1 is 1.50 bits per heavy atom. The lowest BCUT2D eigenvalue weighted by molar-refractivity contribution is 0.0868. The highest BCUT2D eigenvalue weighted by Crippen LogP contribution is 2.16. The molecular weight excluding hydrogens is 256 g/mol. The molecule has 106 valence electrons. The monoisotopic (exact) mass is 274 g/mol. The third-order valence-corrected chi connectivity index (χ3v) is 3.50. The maximum Gasteiger partial charge on any atom is 0.321 e. The molecule has 2 unspecified atom stereocenters. The number of hydrogen-bond acceptors (Lipinski definition) is 3. The maximum absolute atomic E-state index is 11.9. The summed E-state index contributed by atoms with van der Waals surface area (Å²) >= 11 is 0. The van der Waals surface area contributed by atoms with Gasteiger partial charge >= 0.3 is 6.03 Å². The molecule has 2 atom stereocenters. The minimum absolute atomic E-state index is 0.0121. The van der Waals surface area contributed by atoms with Crippen molar-refractivity contribution in [3.63, 3.8) is 0 Å². The van der Waals surface area contributed by atoms with Crippen LogP contribution in [-0.2, 0) is 4.74 Å². The molecule has 0 spiro atoms. The second-order valence-corrected chi connectivity index (χ2v) is 5.04. The number of ether oxygens (including phenoxy) is 1. The van der Waals surface area contributed by atoms with Gasteiger partial charge in [-0.25, -0.2) is 9.78 Å². The van der Waals surface area contributed by atoms with Crippen molar-refractivity contribution in [3.8, 4) is 0 Å². The minimum atomic E-state index is -0.271. The first-order valence-corrected chi connectivity index (χ1v) is 6.86. The molecule has 6 heteroatoms. The molecule has 20 heavy (non-hydrogen) atoms. The van der Waals surface area contributed by atoms with Crippen LogP contribution in [0.1, 0.15) is 19.8 Å². The highest BCUT2D eigenvalue weighted by Gasteiger charge is 2.23. The van der Waals surface area contributed by atoms with Crippen molar-refractivity contribution in [2.75, 3.05) is 11.9 Å². The molecule has 2 aromatic rings. The average molecular weight is 274 g/mol. The summed E-state index contributed by atoms with van der Waals surface area (Å²) in [6.07, 6.45) is 2.16. The van der Waals surface area contributed by atoms with E-state index in [2.05, 4.69) is 20.6 Å². The van der Waals surface area contributed by atoms with Crippen LogP contribution in [0.2, 0.25) is 0 Å². The molecule has 1 fully saturated rings. The molecule has 1 aromatic heterocycles. The Morgan fingerprint density at radius 2 is 2.35 bits per heavy atom. The number of nitrogens with zero attached hydrogens (tertiary/aromatic N) is 1. The Labute approximate surface area is 116 Å². The number of anilines is 1. The summed E-state index contributed by atoms with van der Waals surface area (Å²) in [6, 6.07) is 7.36. The number of nitrogens with one attached hydrogen (secondary N) is 3. The predicted molar refractivity (Wildman–Crippen MR) is 76.7 cm³/mol. The van der Waals surface area contributed by atoms with E-state index in [0.717, 1.165) is 30.5 Å². The van der Waals surface area contributed by atoms with Crippen LogP contribution >= 0.6 is 0 Å². The van der Waals surface area contributed by atoms with Gasteiger partial charge in [0.1, 0.15) is 0 Å². The molecule has 0 radical (unpaired) electrons. The van der Waals surface area contributed by atoms with Gasteiger partial charge in [-0.1, -0.05) is 12.1 Å². The van der Waals surface area contributed by atoms with E-state index in [0.29, 0.717) is 5.95 Å². The number of carbonyl (C=O) groups excluding carboxylic acids is 1. The summed E-state index contributed by atoms with van der Waals surface area (Å²) in [6.45, 7) is 2.73. The molecule has 6 nitrogen and oxygen atoms in total. The number of H-pyrrole nitrogens is 1. The van der Waals surface area contributed by atoms with Crippen molar-refractivity contribution < 1.29 is 9.53 Å². The molecular formula is C14H18N4O2. The zero-order chi connectivity index (χ0) is 13.9. The fraction of sp³-hybridized carbons (Fsp3) is 0.429.